The van der Waals surface area contributed by atoms with Gasteiger partial charge < -0.3 is 10.8 Å². The Bertz CT molecular complexity index is 238. The average Bonchev–Trinajstić information content (AvgIpc) is 2.18. The Balaban J connectivity index is 3.07. The third kappa shape index (κ3) is 1.27. The largest absolute Gasteiger partial charge is 0.744 e. The van der Waals surface area contributed by atoms with Crippen LogP contribution in [0.2, 0.25) is 0 Å². The first kappa shape index (κ1) is 6.24. The second-order valence-electron chi connectivity index (χ2n) is 1.35. The molecule has 1 aromatic heterocycles. The number of hydrogen-bond donors (Lipinski definition) is 1. The number of aromatic nitrogens is 2. The molecule has 1 aromatic rings. The highest BCUT2D eigenvalue weighted by molar-refractivity contribution is 7.06. The lowest BCUT2D eigenvalue weighted by molar-refractivity contribution is 0.706. The molecule has 0 amide bonds. The van der Waals surface area contributed by atoms with Crippen molar-refractivity contribution in [3.05, 3.63) is 15.5 Å². The van der Waals surface area contributed by atoms with Crippen LogP contribution >= 0.6 is 11.3 Å². The van der Waals surface area contributed by atoms with Crippen LogP contribution in [0.15, 0.2) is 10.6 Å². The summed E-state index contributed by atoms with van der Waals surface area (Å²) in [5, 5.41) is 16.9. The lowest BCUT2D eigenvalue weighted by Gasteiger charge is -1.96. The number of aryl methyl sites for hydroxylation is 1. The van der Waals surface area contributed by atoms with Gasteiger partial charge in [0.2, 0.25) is 4.80 Å². The van der Waals surface area contributed by atoms with Crippen molar-refractivity contribution in [1.29, 1.82) is 0 Å². The number of nitrogens with one attached hydrogen (secondary N) is 1. The van der Waals surface area contributed by atoms with Crippen molar-refractivity contribution >= 4 is 11.3 Å². The van der Waals surface area contributed by atoms with E-state index in [-0.39, 0.29) is 0 Å². The summed E-state index contributed by atoms with van der Waals surface area (Å²) in [7, 11) is 1.71. The summed E-state index contributed by atoms with van der Waals surface area (Å²) in [6, 6.07) is 0. The van der Waals surface area contributed by atoms with Crippen LogP contribution in [0.5, 0.6) is 0 Å². The fraction of sp³-hybridized carbons (Fsp3) is 0.333. The van der Waals surface area contributed by atoms with Crippen molar-refractivity contribution in [2.24, 2.45) is 12.1 Å². The van der Waals surface area contributed by atoms with Gasteiger partial charge in [-0.25, -0.2) is 4.68 Å². The normalized spacial score (nSPS) is 12.0. The molecule has 0 aromatic carbocycles. The summed E-state index contributed by atoms with van der Waals surface area (Å²) in [6.07, 6.45) is 0. The van der Waals surface area contributed by atoms with E-state index in [9.17, 15) is 5.21 Å². The van der Waals surface area contributed by atoms with Crippen LogP contribution in [0.1, 0.15) is 0 Å². The molecule has 0 aliphatic carbocycles. The van der Waals surface area contributed by atoms with Crippen LogP contribution in [-0.2, 0) is 7.05 Å². The maximum absolute atomic E-state index is 9.70. The monoisotopic (exact) mass is 145 g/mol. The summed E-state index contributed by atoms with van der Waals surface area (Å²) < 4.78 is 1.51. The predicted molar refractivity (Wildman–Crippen MR) is 33.2 cm³/mol. The molecule has 0 fully saturated rings. The van der Waals surface area contributed by atoms with Gasteiger partial charge in [-0.1, -0.05) is 11.3 Å². The maximum Gasteiger partial charge on any atom is 0.224 e. The Morgan fingerprint density at radius 3 is 3.22 bits per heavy atom. The van der Waals surface area contributed by atoms with Crippen molar-refractivity contribution in [3.63, 3.8) is 0 Å². The first-order valence-electron chi connectivity index (χ1n) is 2.22. The van der Waals surface area contributed by atoms with E-state index in [1.54, 1.807) is 12.6 Å². The molecule has 1 rings (SSSR count). The second kappa shape index (κ2) is 2.60. The van der Waals surface area contributed by atoms with Gasteiger partial charge in [-0.3, -0.25) is 0 Å². The molecule has 1 heterocycles. The minimum atomic E-state index is 0.560. The zero-order chi connectivity index (χ0) is 6.69. The Morgan fingerprint density at radius 2 is 2.78 bits per heavy atom. The molecular weight excluding hydrogens is 140 g/mol. The van der Waals surface area contributed by atoms with Gasteiger partial charge in [0.15, 0.2) is 0 Å². The molecule has 0 aliphatic heterocycles. The second-order valence-corrected chi connectivity index (χ2v) is 2.16. The fourth-order valence-electron chi connectivity index (χ4n) is 0.405. The molecule has 0 bridgehead atoms. The Hall–Kier alpha value is -0.880. The van der Waals surface area contributed by atoms with Crippen molar-refractivity contribution in [2.45, 2.75) is 0 Å². The molecule has 50 valence electrons. The van der Waals surface area contributed by atoms with Crippen molar-refractivity contribution in [3.8, 4) is 0 Å². The summed E-state index contributed by atoms with van der Waals surface area (Å²) in [6.45, 7) is 0. The molecule has 0 unspecified atom stereocenters. The third-order valence-electron chi connectivity index (χ3n) is 0.797. The summed E-state index contributed by atoms with van der Waals surface area (Å²) in [5.74, 6) is 0. The van der Waals surface area contributed by atoms with Crippen molar-refractivity contribution in [1.82, 2.24) is 15.4 Å². The number of nitrogens with zero attached hydrogens (tertiary/aromatic N) is 3. The van der Waals surface area contributed by atoms with Crippen molar-refractivity contribution < 1.29 is 0 Å². The molecular formula is C3H5N4OS-. The molecule has 0 radical (unpaired) electrons. The summed E-state index contributed by atoms with van der Waals surface area (Å²) in [4.78, 5) is 0.560. The van der Waals surface area contributed by atoms with Crippen LogP contribution in [-0.4, -0.2) is 9.78 Å². The van der Waals surface area contributed by atoms with E-state index in [0.29, 0.717) is 4.80 Å². The zero-order valence-electron chi connectivity index (χ0n) is 4.74. The number of rotatable bonds is 1. The molecule has 5 nitrogen and oxygen atoms in total. The van der Waals surface area contributed by atoms with E-state index in [1.807, 2.05) is 0 Å². The SMILES string of the molecule is Cn1ncs/c1=N/N[O-]. The molecule has 0 aliphatic rings. The Morgan fingerprint density at radius 1 is 2.00 bits per heavy atom. The smallest absolute Gasteiger partial charge is 0.224 e. The van der Waals surface area contributed by atoms with Gasteiger partial charge in [0.25, 0.3) is 0 Å². The van der Waals surface area contributed by atoms with Gasteiger partial charge in [0.1, 0.15) is 5.51 Å². The Labute approximate surface area is 55.2 Å². The van der Waals surface area contributed by atoms with Crippen LogP contribution in [0.25, 0.3) is 0 Å². The average molecular weight is 145 g/mol. The Kier molecular flexibility index (Phi) is 1.81. The molecule has 0 saturated carbocycles. The van der Waals surface area contributed by atoms with Crippen LogP contribution < -0.4 is 10.4 Å². The topological polar surface area (TPSA) is 65.3 Å². The van der Waals surface area contributed by atoms with E-state index in [0.717, 1.165) is 0 Å². The maximum atomic E-state index is 9.70. The first-order valence-corrected chi connectivity index (χ1v) is 3.10. The van der Waals surface area contributed by atoms with Gasteiger partial charge in [0, 0.05) is 7.05 Å². The standard InChI is InChI=1S/C3H5N4OS/c1-7-3(5-6-8)9-2-4-7/h2,6H,1H3/q-1/b5-3+. The minimum absolute atomic E-state index is 0.560. The molecule has 0 spiro atoms. The third-order valence-corrected chi connectivity index (χ3v) is 1.56. The lowest BCUT2D eigenvalue weighted by Crippen LogP contribution is -2.14. The lowest BCUT2D eigenvalue weighted by atomic mass is 11.2. The zero-order valence-corrected chi connectivity index (χ0v) is 5.55. The quantitative estimate of drug-likeness (QED) is 0.536. The van der Waals surface area contributed by atoms with E-state index in [1.165, 1.54) is 21.6 Å². The number of hydrogen-bond acceptors (Lipinski definition) is 5. The predicted octanol–water partition coefficient (Wildman–Crippen LogP) is -0.615. The molecule has 1 N–H and O–H groups in total. The molecule has 6 heteroatoms. The molecule has 0 atom stereocenters. The first-order chi connectivity index (χ1) is 4.34. The van der Waals surface area contributed by atoms with Gasteiger partial charge in [-0.2, -0.15) is 10.2 Å². The van der Waals surface area contributed by atoms with Crippen LogP contribution in [0, 0.1) is 5.21 Å². The fourth-order valence-corrected chi connectivity index (χ4v) is 0.977. The van der Waals surface area contributed by atoms with Gasteiger partial charge in [0.05, 0.1) is 0 Å². The van der Waals surface area contributed by atoms with Gasteiger partial charge >= 0.3 is 0 Å². The van der Waals surface area contributed by atoms with E-state index >= 15 is 0 Å². The van der Waals surface area contributed by atoms with E-state index < -0.39 is 0 Å². The van der Waals surface area contributed by atoms with Crippen molar-refractivity contribution in [2.75, 3.05) is 0 Å². The molecule has 9 heavy (non-hydrogen) atoms. The highest BCUT2D eigenvalue weighted by Gasteiger charge is 1.84. The highest BCUT2D eigenvalue weighted by Crippen LogP contribution is 1.77. The minimum Gasteiger partial charge on any atom is -0.744 e. The van der Waals surface area contributed by atoms with Gasteiger partial charge in [-0.15, -0.1) is 0 Å². The summed E-state index contributed by atoms with van der Waals surface area (Å²) in [5.41, 5.74) is 3.04. The molecule has 0 saturated heterocycles. The van der Waals surface area contributed by atoms with Crippen LogP contribution in [0.4, 0.5) is 0 Å². The van der Waals surface area contributed by atoms with E-state index in [4.69, 9.17) is 0 Å². The van der Waals surface area contributed by atoms with E-state index in [2.05, 4.69) is 10.2 Å². The van der Waals surface area contributed by atoms with Gasteiger partial charge in [-0.05, 0) is 0 Å². The van der Waals surface area contributed by atoms with Crippen LogP contribution in [0.3, 0.4) is 0 Å². The summed E-state index contributed by atoms with van der Waals surface area (Å²) >= 11 is 1.30. The highest BCUT2D eigenvalue weighted by atomic mass is 32.1.